The Morgan fingerprint density at radius 1 is 1.26 bits per heavy atom. The van der Waals surface area contributed by atoms with Crippen LogP contribution in [0.4, 0.5) is 0 Å². The topological polar surface area (TPSA) is 91.7 Å². The molecule has 2 fully saturated rings. The van der Waals surface area contributed by atoms with Crippen molar-refractivity contribution in [1.29, 1.82) is 0 Å². The fraction of sp³-hybridized carbons (Fsp3) is 0.800. The Balaban J connectivity index is 1.55. The van der Waals surface area contributed by atoms with Crippen LogP contribution in [0.15, 0.2) is 4.52 Å². The van der Waals surface area contributed by atoms with Gasteiger partial charge in [0.25, 0.3) is 0 Å². The van der Waals surface area contributed by atoms with E-state index in [0.717, 1.165) is 64.5 Å². The van der Waals surface area contributed by atoms with Crippen LogP contribution in [0, 0.1) is 0 Å². The molecule has 1 atom stereocenters. The normalized spacial score (nSPS) is 24.8. The lowest BCUT2D eigenvalue weighted by Crippen LogP contribution is -2.44. The molecule has 0 aromatic carbocycles. The molecule has 2 aliphatic heterocycles. The second-order valence-corrected chi connectivity index (χ2v) is 6.67. The van der Waals surface area contributed by atoms with E-state index in [1.807, 2.05) is 0 Å². The lowest BCUT2D eigenvalue weighted by molar-refractivity contribution is -0.119. The summed E-state index contributed by atoms with van der Waals surface area (Å²) in [5.74, 6) is 1.38. The zero-order valence-electron chi connectivity index (χ0n) is 13.8. The molecule has 3 rings (SSSR count). The van der Waals surface area contributed by atoms with E-state index >= 15 is 0 Å². The van der Waals surface area contributed by atoms with Crippen LogP contribution < -0.4 is 5.73 Å². The van der Waals surface area contributed by atoms with Gasteiger partial charge in [-0.25, -0.2) is 0 Å². The van der Waals surface area contributed by atoms with E-state index in [9.17, 15) is 4.79 Å². The average molecular weight is 322 g/mol. The van der Waals surface area contributed by atoms with E-state index in [4.69, 9.17) is 10.3 Å². The van der Waals surface area contributed by atoms with Gasteiger partial charge in [-0.2, -0.15) is 4.98 Å². The molecule has 2 N–H and O–H groups in total. The summed E-state index contributed by atoms with van der Waals surface area (Å²) in [4.78, 5) is 22.4. The third kappa shape index (κ3) is 4.49. The molecule has 2 aliphatic rings. The number of carbonyl (C=O) groups is 1. The molecule has 1 aromatic heterocycles. The van der Waals surface area contributed by atoms with Crippen LogP contribution in [-0.4, -0.2) is 83.6 Å². The molecule has 8 heteroatoms. The number of piperazine rings is 1. The highest BCUT2D eigenvalue weighted by molar-refractivity contribution is 5.75. The molecule has 3 heterocycles. The second kappa shape index (κ2) is 7.37. The zero-order valence-corrected chi connectivity index (χ0v) is 13.8. The Morgan fingerprint density at radius 2 is 2.04 bits per heavy atom. The van der Waals surface area contributed by atoms with Crippen molar-refractivity contribution >= 4 is 5.91 Å². The summed E-state index contributed by atoms with van der Waals surface area (Å²) in [6, 6.07) is 0. The first-order valence-corrected chi connectivity index (χ1v) is 8.34. The molecule has 1 amide bonds. The predicted molar refractivity (Wildman–Crippen MR) is 84.7 cm³/mol. The third-order valence-corrected chi connectivity index (χ3v) is 4.68. The van der Waals surface area contributed by atoms with Crippen LogP contribution in [0.25, 0.3) is 0 Å². The highest BCUT2D eigenvalue weighted by atomic mass is 16.5. The maximum atomic E-state index is 11.1. The Bertz CT molecular complexity index is 526. The number of carbonyl (C=O) groups excluding carboxylic acids is 1. The minimum absolute atomic E-state index is 0.205. The number of piperidine rings is 1. The van der Waals surface area contributed by atoms with Gasteiger partial charge in [-0.3, -0.25) is 14.6 Å². The quantitative estimate of drug-likeness (QED) is 0.780. The minimum Gasteiger partial charge on any atom is -0.369 e. The number of hydrogen-bond acceptors (Lipinski definition) is 7. The van der Waals surface area contributed by atoms with E-state index in [1.165, 1.54) is 0 Å². The molecule has 8 nitrogen and oxygen atoms in total. The first-order valence-electron chi connectivity index (χ1n) is 8.34. The molecule has 0 spiro atoms. The summed E-state index contributed by atoms with van der Waals surface area (Å²) in [5, 5.41) is 4.14. The molecule has 0 radical (unpaired) electrons. The van der Waals surface area contributed by atoms with Crippen molar-refractivity contribution in [2.75, 3.05) is 52.9 Å². The van der Waals surface area contributed by atoms with E-state index in [1.54, 1.807) is 0 Å². The van der Waals surface area contributed by atoms with Crippen LogP contribution in [0.3, 0.4) is 0 Å². The second-order valence-electron chi connectivity index (χ2n) is 6.67. The van der Waals surface area contributed by atoms with Crippen molar-refractivity contribution in [3.8, 4) is 0 Å². The van der Waals surface area contributed by atoms with Gasteiger partial charge >= 0.3 is 0 Å². The Hall–Kier alpha value is -1.51. The van der Waals surface area contributed by atoms with Gasteiger partial charge in [-0.15, -0.1) is 0 Å². The summed E-state index contributed by atoms with van der Waals surface area (Å²) >= 11 is 0. The zero-order chi connectivity index (χ0) is 16.2. The number of nitrogens with two attached hydrogens (primary N) is 1. The van der Waals surface area contributed by atoms with Gasteiger partial charge in [0, 0.05) is 32.7 Å². The standard InChI is InChI=1S/C15H26N6O2/c1-19-5-7-20(8-6-19)11-14-17-15(23-18-14)12-3-2-4-21(9-12)10-13(16)22/h12H,2-11H2,1H3,(H2,16,22). The summed E-state index contributed by atoms with van der Waals surface area (Å²) in [5.41, 5.74) is 5.28. The van der Waals surface area contributed by atoms with Crippen molar-refractivity contribution in [3.63, 3.8) is 0 Å². The lowest BCUT2D eigenvalue weighted by Gasteiger charge is -2.31. The van der Waals surface area contributed by atoms with E-state index < -0.39 is 0 Å². The summed E-state index contributed by atoms with van der Waals surface area (Å²) in [6.45, 7) is 6.95. The highest BCUT2D eigenvalue weighted by Crippen LogP contribution is 2.25. The minimum atomic E-state index is -0.285. The average Bonchev–Trinajstić information content (AvgIpc) is 2.98. The van der Waals surface area contributed by atoms with E-state index in [2.05, 4.69) is 31.9 Å². The number of hydrogen-bond donors (Lipinski definition) is 1. The summed E-state index contributed by atoms with van der Waals surface area (Å²) in [6.07, 6.45) is 2.04. The first-order chi connectivity index (χ1) is 11.1. The molecular weight excluding hydrogens is 296 g/mol. The van der Waals surface area contributed by atoms with Gasteiger partial charge in [-0.1, -0.05) is 5.16 Å². The van der Waals surface area contributed by atoms with E-state index in [-0.39, 0.29) is 11.8 Å². The monoisotopic (exact) mass is 322 g/mol. The summed E-state index contributed by atoms with van der Waals surface area (Å²) in [7, 11) is 2.14. The van der Waals surface area contributed by atoms with Crippen molar-refractivity contribution in [3.05, 3.63) is 11.7 Å². The SMILES string of the molecule is CN1CCN(Cc2noc(C3CCCN(CC(N)=O)C3)n2)CC1. The molecular formula is C15H26N6O2. The fourth-order valence-corrected chi connectivity index (χ4v) is 3.32. The lowest BCUT2D eigenvalue weighted by atomic mass is 9.98. The number of amides is 1. The Labute approximate surface area is 136 Å². The first kappa shape index (κ1) is 16.4. The van der Waals surface area contributed by atoms with Gasteiger partial charge in [0.15, 0.2) is 5.82 Å². The molecule has 128 valence electrons. The molecule has 1 aromatic rings. The van der Waals surface area contributed by atoms with Crippen molar-refractivity contribution in [2.24, 2.45) is 5.73 Å². The van der Waals surface area contributed by atoms with Gasteiger partial charge in [0.1, 0.15) is 0 Å². The van der Waals surface area contributed by atoms with Crippen LogP contribution in [0.2, 0.25) is 0 Å². The van der Waals surface area contributed by atoms with E-state index in [0.29, 0.717) is 12.4 Å². The molecule has 0 saturated carbocycles. The molecule has 0 bridgehead atoms. The Morgan fingerprint density at radius 3 is 2.78 bits per heavy atom. The van der Waals surface area contributed by atoms with Crippen LogP contribution >= 0.6 is 0 Å². The number of likely N-dealkylation sites (tertiary alicyclic amines) is 1. The van der Waals surface area contributed by atoms with Crippen LogP contribution in [0.1, 0.15) is 30.5 Å². The molecule has 1 unspecified atom stereocenters. The van der Waals surface area contributed by atoms with Gasteiger partial charge in [0.05, 0.1) is 19.0 Å². The number of primary amides is 1. The van der Waals surface area contributed by atoms with Crippen LogP contribution in [-0.2, 0) is 11.3 Å². The Kier molecular flexibility index (Phi) is 5.24. The number of aromatic nitrogens is 2. The van der Waals surface area contributed by atoms with Crippen LogP contribution in [0.5, 0.6) is 0 Å². The number of likely N-dealkylation sites (N-methyl/N-ethyl adjacent to an activating group) is 1. The maximum Gasteiger partial charge on any atom is 0.231 e. The van der Waals surface area contributed by atoms with Gasteiger partial charge < -0.3 is 15.2 Å². The van der Waals surface area contributed by atoms with Crippen molar-refractivity contribution in [1.82, 2.24) is 24.8 Å². The third-order valence-electron chi connectivity index (χ3n) is 4.68. The van der Waals surface area contributed by atoms with Gasteiger partial charge in [0.2, 0.25) is 11.8 Å². The van der Waals surface area contributed by atoms with Crippen molar-refractivity contribution in [2.45, 2.75) is 25.3 Å². The maximum absolute atomic E-state index is 11.1. The smallest absolute Gasteiger partial charge is 0.231 e. The molecule has 0 aliphatic carbocycles. The number of rotatable bonds is 5. The fourth-order valence-electron chi connectivity index (χ4n) is 3.32. The molecule has 23 heavy (non-hydrogen) atoms. The summed E-state index contributed by atoms with van der Waals surface area (Å²) < 4.78 is 5.48. The predicted octanol–water partition coefficient (Wildman–Crippen LogP) is -0.518. The largest absolute Gasteiger partial charge is 0.369 e. The molecule has 2 saturated heterocycles. The number of nitrogens with zero attached hydrogens (tertiary/aromatic N) is 5. The highest BCUT2D eigenvalue weighted by Gasteiger charge is 2.27. The van der Waals surface area contributed by atoms with Gasteiger partial charge in [-0.05, 0) is 26.4 Å². The van der Waals surface area contributed by atoms with Crippen molar-refractivity contribution < 1.29 is 9.32 Å².